The highest BCUT2D eigenvalue weighted by molar-refractivity contribution is 6.09. The van der Waals surface area contributed by atoms with Crippen LogP contribution in [0.15, 0.2) is 78.9 Å². The van der Waals surface area contributed by atoms with Gasteiger partial charge in [-0.3, -0.25) is 0 Å². The number of aromatic nitrogens is 1. The van der Waals surface area contributed by atoms with Crippen molar-refractivity contribution in [3.63, 3.8) is 0 Å². The van der Waals surface area contributed by atoms with E-state index in [1.54, 1.807) is 6.92 Å². The number of carbonyl (C=O) groups is 1. The van der Waals surface area contributed by atoms with Gasteiger partial charge in [0.1, 0.15) is 0 Å². The molecular formula is C24H23NO3. The molecule has 0 aliphatic heterocycles. The summed E-state index contributed by atoms with van der Waals surface area (Å²) >= 11 is 0. The van der Waals surface area contributed by atoms with Crippen LogP contribution in [0.3, 0.4) is 0 Å². The summed E-state index contributed by atoms with van der Waals surface area (Å²) in [7, 11) is 0. The number of fused-ring (bicyclic) bond motifs is 3. The molecule has 0 fully saturated rings. The minimum atomic E-state index is -0.603. The average molecular weight is 373 g/mol. The lowest BCUT2D eigenvalue weighted by Gasteiger charge is -2.23. The normalized spacial score (nSPS) is 13.5. The van der Waals surface area contributed by atoms with Crippen LogP contribution in [-0.2, 0) is 14.3 Å². The zero-order valence-corrected chi connectivity index (χ0v) is 16.0. The second-order valence-corrected chi connectivity index (χ2v) is 6.68. The summed E-state index contributed by atoms with van der Waals surface area (Å²) < 4.78 is 13.2. The number of ether oxygens (including phenoxy) is 2. The van der Waals surface area contributed by atoms with Crippen LogP contribution in [0.5, 0.6) is 0 Å². The molecule has 1 heterocycles. The Bertz CT molecular complexity index is 1050. The molecule has 0 saturated carbocycles. The Morgan fingerprint density at radius 3 is 1.96 bits per heavy atom. The van der Waals surface area contributed by atoms with E-state index >= 15 is 0 Å². The Balaban J connectivity index is 1.93. The summed E-state index contributed by atoms with van der Waals surface area (Å²) in [6.07, 6.45) is -0.600. The fraction of sp³-hybridized carbons (Fsp3) is 0.208. The average Bonchev–Trinajstić information content (AvgIpc) is 3.04. The van der Waals surface area contributed by atoms with Crippen LogP contribution in [0.4, 0.5) is 0 Å². The minimum Gasteiger partial charge on any atom is -0.434 e. The molecule has 2 unspecified atom stereocenters. The molecule has 1 aromatic heterocycles. The maximum absolute atomic E-state index is 13.3. The summed E-state index contributed by atoms with van der Waals surface area (Å²) in [5.41, 5.74) is 2.87. The zero-order valence-electron chi connectivity index (χ0n) is 16.0. The molecule has 0 aliphatic carbocycles. The number of para-hydroxylation sites is 2. The van der Waals surface area contributed by atoms with Crippen molar-refractivity contribution < 1.29 is 14.3 Å². The molecule has 28 heavy (non-hydrogen) atoms. The van der Waals surface area contributed by atoms with Gasteiger partial charge in [0.15, 0.2) is 12.3 Å². The Morgan fingerprint density at radius 1 is 0.857 bits per heavy atom. The van der Waals surface area contributed by atoms with Crippen molar-refractivity contribution in [1.29, 1.82) is 0 Å². The predicted octanol–water partition coefficient (Wildman–Crippen LogP) is 5.31. The quantitative estimate of drug-likeness (QED) is 0.340. The molecule has 0 aliphatic rings. The fourth-order valence-corrected chi connectivity index (χ4v) is 3.75. The van der Waals surface area contributed by atoms with Crippen molar-refractivity contribution in [2.45, 2.75) is 26.2 Å². The van der Waals surface area contributed by atoms with E-state index in [4.69, 9.17) is 9.47 Å². The summed E-state index contributed by atoms with van der Waals surface area (Å²) in [6, 6.07) is 25.4. The number of rotatable bonds is 6. The smallest absolute Gasteiger partial charge is 0.336 e. The second-order valence-electron chi connectivity index (χ2n) is 6.68. The molecule has 0 radical (unpaired) electrons. The van der Waals surface area contributed by atoms with Gasteiger partial charge in [-0.2, -0.15) is 0 Å². The number of esters is 1. The van der Waals surface area contributed by atoms with Crippen molar-refractivity contribution >= 4 is 27.8 Å². The van der Waals surface area contributed by atoms with Crippen LogP contribution in [0.1, 0.15) is 25.5 Å². The standard InChI is InChI=1S/C24H23NO3/c1-3-27-17(2)28-24(26)23(18-11-5-4-6-12-18)25-21-15-9-7-13-19(21)20-14-8-10-16-22(20)25/h4-17,23H,3H2,1-2H3. The van der Waals surface area contributed by atoms with Gasteiger partial charge in [-0.15, -0.1) is 0 Å². The van der Waals surface area contributed by atoms with Crippen LogP contribution in [0.2, 0.25) is 0 Å². The van der Waals surface area contributed by atoms with E-state index in [0.717, 1.165) is 27.4 Å². The van der Waals surface area contributed by atoms with Crippen LogP contribution < -0.4 is 0 Å². The first-order valence-electron chi connectivity index (χ1n) is 9.55. The first-order valence-corrected chi connectivity index (χ1v) is 9.55. The molecule has 4 aromatic rings. The molecule has 2 atom stereocenters. The minimum absolute atomic E-state index is 0.335. The first-order chi connectivity index (χ1) is 13.7. The van der Waals surface area contributed by atoms with Gasteiger partial charge in [0.05, 0.1) is 11.0 Å². The molecule has 0 amide bonds. The van der Waals surface area contributed by atoms with Crippen molar-refractivity contribution in [1.82, 2.24) is 4.57 Å². The molecule has 142 valence electrons. The van der Waals surface area contributed by atoms with E-state index in [0.29, 0.717) is 6.61 Å². The highest BCUT2D eigenvalue weighted by Crippen LogP contribution is 2.34. The van der Waals surface area contributed by atoms with E-state index in [1.165, 1.54) is 0 Å². The van der Waals surface area contributed by atoms with Gasteiger partial charge < -0.3 is 14.0 Å². The van der Waals surface area contributed by atoms with Gasteiger partial charge in [0.25, 0.3) is 0 Å². The summed E-state index contributed by atoms with van der Waals surface area (Å²) in [4.78, 5) is 13.3. The van der Waals surface area contributed by atoms with Gasteiger partial charge in [0.2, 0.25) is 0 Å². The Hall–Kier alpha value is -3.11. The molecule has 0 bridgehead atoms. The maximum atomic E-state index is 13.3. The molecule has 0 N–H and O–H groups in total. The summed E-state index contributed by atoms with van der Waals surface area (Å²) in [6.45, 7) is 4.11. The van der Waals surface area contributed by atoms with Gasteiger partial charge in [0, 0.05) is 17.4 Å². The van der Waals surface area contributed by atoms with Gasteiger partial charge in [-0.25, -0.2) is 4.79 Å². The second kappa shape index (κ2) is 7.87. The van der Waals surface area contributed by atoms with Crippen LogP contribution >= 0.6 is 0 Å². The monoisotopic (exact) mass is 373 g/mol. The maximum Gasteiger partial charge on any atom is 0.336 e. The van der Waals surface area contributed by atoms with Gasteiger partial charge >= 0.3 is 5.97 Å². The molecule has 4 nitrogen and oxygen atoms in total. The summed E-state index contributed by atoms with van der Waals surface area (Å²) in [5.74, 6) is -0.335. The van der Waals surface area contributed by atoms with Gasteiger partial charge in [-0.05, 0) is 31.5 Å². The highest BCUT2D eigenvalue weighted by Gasteiger charge is 2.29. The van der Waals surface area contributed by atoms with Crippen molar-refractivity contribution in [3.8, 4) is 0 Å². The summed E-state index contributed by atoms with van der Waals surface area (Å²) in [5, 5.41) is 2.23. The highest BCUT2D eigenvalue weighted by atomic mass is 16.7. The van der Waals surface area contributed by atoms with E-state index < -0.39 is 12.3 Å². The molecular weight excluding hydrogens is 350 g/mol. The Morgan fingerprint density at radius 2 is 1.39 bits per heavy atom. The molecule has 4 heteroatoms. The van der Waals surface area contributed by atoms with E-state index in [1.807, 2.05) is 73.7 Å². The van der Waals surface area contributed by atoms with Gasteiger partial charge in [-0.1, -0.05) is 66.7 Å². The van der Waals surface area contributed by atoms with E-state index in [-0.39, 0.29) is 5.97 Å². The third kappa shape index (κ3) is 3.27. The van der Waals surface area contributed by atoms with Crippen LogP contribution in [0, 0.1) is 0 Å². The number of carbonyl (C=O) groups excluding carboxylic acids is 1. The number of benzene rings is 3. The Labute approximate surface area is 164 Å². The Kier molecular flexibility index (Phi) is 5.13. The number of hydrogen-bond donors (Lipinski definition) is 0. The largest absolute Gasteiger partial charge is 0.434 e. The van der Waals surface area contributed by atoms with Crippen molar-refractivity contribution in [2.24, 2.45) is 0 Å². The van der Waals surface area contributed by atoms with E-state index in [9.17, 15) is 4.79 Å². The molecule has 3 aromatic carbocycles. The van der Waals surface area contributed by atoms with Crippen LogP contribution in [-0.4, -0.2) is 23.4 Å². The lowest BCUT2D eigenvalue weighted by atomic mass is 10.1. The van der Waals surface area contributed by atoms with Crippen molar-refractivity contribution in [2.75, 3.05) is 6.61 Å². The lowest BCUT2D eigenvalue weighted by Crippen LogP contribution is -2.27. The first kappa shape index (κ1) is 18.3. The molecule has 4 rings (SSSR count). The topological polar surface area (TPSA) is 40.5 Å². The van der Waals surface area contributed by atoms with E-state index in [2.05, 4.69) is 16.7 Å². The molecule has 0 spiro atoms. The molecule has 0 saturated heterocycles. The third-order valence-corrected chi connectivity index (χ3v) is 4.90. The number of hydrogen-bond acceptors (Lipinski definition) is 3. The third-order valence-electron chi connectivity index (χ3n) is 4.90. The van der Waals surface area contributed by atoms with Crippen molar-refractivity contribution in [3.05, 3.63) is 84.4 Å². The number of nitrogens with zero attached hydrogens (tertiary/aromatic N) is 1. The lowest BCUT2D eigenvalue weighted by molar-refractivity contribution is -0.176. The fourth-order valence-electron chi connectivity index (χ4n) is 3.75. The zero-order chi connectivity index (χ0) is 19.5. The predicted molar refractivity (Wildman–Crippen MR) is 111 cm³/mol. The van der Waals surface area contributed by atoms with Crippen LogP contribution in [0.25, 0.3) is 21.8 Å². The SMILES string of the molecule is CCOC(C)OC(=O)C(c1ccccc1)n1c2ccccc2c2ccccc21.